The predicted octanol–water partition coefficient (Wildman–Crippen LogP) is 5.15. The van der Waals surface area contributed by atoms with Gasteiger partial charge in [-0.15, -0.1) is 0 Å². The number of hydrogen-bond acceptors (Lipinski definition) is 1. The van der Waals surface area contributed by atoms with Crippen molar-refractivity contribution < 1.29 is 4.39 Å². The summed E-state index contributed by atoms with van der Waals surface area (Å²) in [4.78, 5) is 4.38. The van der Waals surface area contributed by atoms with Crippen LogP contribution in [0.2, 0.25) is 5.02 Å². The highest BCUT2D eigenvalue weighted by Gasteiger charge is 2.08. The normalized spacial score (nSPS) is 10.8. The molecule has 0 spiro atoms. The van der Waals surface area contributed by atoms with Crippen LogP contribution in [0.25, 0.3) is 11.4 Å². The minimum atomic E-state index is -0.236. The van der Waals surface area contributed by atoms with Gasteiger partial charge in [-0.25, -0.2) is 9.37 Å². The molecule has 0 aliphatic heterocycles. The van der Waals surface area contributed by atoms with Crippen molar-refractivity contribution in [3.8, 4) is 11.4 Å². The maximum Gasteiger partial charge on any atom is 0.140 e. The first-order valence-electron chi connectivity index (χ1n) is 6.34. The summed E-state index contributed by atoms with van der Waals surface area (Å²) in [5.74, 6) is 0.558. The molecule has 1 aromatic heterocycles. The maximum absolute atomic E-state index is 13.3. The number of imidazole rings is 1. The van der Waals surface area contributed by atoms with E-state index in [1.54, 1.807) is 12.3 Å². The van der Waals surface area contributed by atoms with Crippen LogP contribution in [0.5, 0.6) is 0 Å². The smallest absolute Gasteiger partial charge is 0.140 e. The first-order valence-corrected chi connectivity index (χ1v) is 7.51. The Balaban J connectivity index is 1.97. The van der Waals surface area contributed by atoms with Crippen LogP contribution in [0.1, 0.15) is 5.56 Å². The van der Waals surface area contributed by atoms with Gasteiger partial charge >= 0.3 is 0 Å². The molecule has 0 saturated carbocycles. The zero-order valence-electron chi connectivity index (χ0n) is 10.9. The summed E-state index contributed by atoms with van der Waals surface area (Å²) in [5, 5.41) is 0.639. The largest absolute Gasteiger partial charge is 0.327 e. The lowest BCUT2D eigenvalue weighted by Crippen LogP contribution is -2.01. The lowest BCUT2D eigenvalue weighted by Gasteiger charge is -2.09. The Kier molecular flexibility index (Phi) is 4.08. The third kappa shape index (κ3) is 3.34. The summed E-state index contributed by atoms with van der Waals surface area (Å²) in [7, 11) is 0. The molecule has 0 aliphatic carbocycles. The summed E-state index contributed by atoms with van der Waals surface area (Å²) in [5.41, 5.74) is 1.80. The van der Waals surface area contributed by atoms with Crippen molar-refractivity contribution in [1.82, 2.24) is 9.55 Å². The highest BCUT2D eigenvalue weighted by Crippen LogP contribution is 2.27. The molecule has 0 atom stereocenters. The number of aromatic nitrogens is 2. The molecule has 2 aromatic carbocycles. The number of hydrogen-bond donors (Lipinski definition) is 0. The van der Waals surface area contributed by atoms with Crippen molar-refractivity contribution in [3.05, 3.63) is 75.7 Å². The molecule has 21 heavy (non-hydrogen) atoms. The average molecular weight is 366 g/mol. The van der Waals surface area contributed by atoms with E-state index in [0.29, 0.717) is 11.6 Å². The molecule has 0 bridgehead atoms. The Morgan fingerprint density at radius 3 is 2.81 bits per heavy atom. The van der Waals surface area contributed by atoms with E-state index in [0.717, 1.165) is 21.4 Å². The SMILES string of the molecule is Fc1cccc(Cn2ccnc2-c2cc(Cl)cc(Br)c2)c1. The highest BCUT2D eigenvalue weighted by atomic mass is 79.9. The van der Waals surface area contributed by atoms with Gasteiger partial charge in [0.1, 0.15) is 11.6 Å². The lowest BCUT2D eigenvalue weighted by molar-refractivity contribution is 0.623. The monoisotopic (exact) mass is 364 g/mol. The van der Waals surface area contributed by atoms with Gasteiger partial charge in [0.15, 0.2) is 0 Å². The molecular weight excluding hydrogens is 355 g/mol. The van der Waals surface area contributed by atoms with Crippen molar-refractivity contribution >= 4 is 27.5 Å². The first kappa shape index (κ1) is 14.3. The van der Waals surface area contributed by atoms with E-state index in [4.69, 9.17) is 11.6 Å². The minimum Gasteiger partial charge on any atom is -0.327 e. The summed E-state index contributed by atoms with van der Waals surface area (Å²) < 4.78 is 16.1. The summed E-state index contributed by atoms with van der Waals surface area (Å²) in [6.07, 6.45) is 3.60. The van der Waals surface area contributed by atoms with Gasteiger partial charge in [-0.1, -0.05) is 39.7 Å². The van der Waals surface area contributed by atoms with Crippen molar-refractivity contribution in [2.45, 2.75) is 6.54 Å². The van der Waals surface area contributed by atoms with Crippen LogP contribution in [0.4, 0.5) is 4.39 Å². The fraction of sp³-hybridized carbons (Fsp3) is 0.0625. The zero-order chi connectivity index (χ0) is 14.8. The van der Waals surface area contributed by atoms with Gasteiger partial charge in [0.05, 0.1) is 0 Å². The van der Waals surface area contributed by atoms with E-state index in [-0.39, 0.29) is 5.82 Å². The second-order valence-corrected chi connectivity index (χ2v) is 6.02. The second-order valence-electron chi connectivity index (χ2n) is 4.67. The molecular formula is C16H11BrClFN2. The fourth-order valence-corrected chi connectivity index (χ4v) is 3.07. The minimum absolute atomic E-state index is 0.236. The Labute approximate surface area is 135 Å². The predicted molar refractivity (Wildman–Crippen MR) is 85.9 cm³/mol. The van der Waals surface area contributed by atoms with Crippen molar-refractivity contribution in [3.63, 3.8) is 0 Å². The maximum atomic E-state index is 13.3. The molecule has 0 N–H and O–H groups in total. The van der Waals surface area contributed by atoms with E-state index in [1.165, 1.54) is 12.1 Å². The van der Waals surface area contributed by atoms with E-state index in [9.17, 15) is 4.39 Å². The number of halogens is 3. The van der Waals surface area contributed by atoms with Crippen molar-refractivity contribution in [1.29, 1.82) is 0 Å². The molecule has 0 aliphatic rings. The Morgan fingerprint density at radius 1 is 1.19 bits per heavy atom. The number of benzene rings is 2. The Hall–Kier alpha value is -1.65. The van der Waals surface area contributed by atoms with E-state index >= 15 is 0 Å². The molecule has 0 unspecified atom stereocenters. The highest BCUT2D eigenvalue weighted by molar-refractivity contribution is 9.10. The molecule has 5 heteroatoms. The summed E-state index contributed by atoms with van der Waals surface area (Å²) in [6, 6.07) is 12.2. The van der Waals surface area contributed by atoms with E-state index in [2.05, 4.69) is 20.9 Å². The average Bonchev–Trinajstić information content (AvgIpc) is 2.85. The molecule has 0 radical (unpaired) electrons. The van der Waals surface area contributed by atoms with Crippen molar-refractivity contribution in [2.24, 2.45) is 0 Å². The lowest BCUT2D eigenvalue weighted by atomic mass is 10.2. The molecule has 0 saturated heterocycles. The number of rotatable bonds is 3. The van der Waals surface area contributed by atoms with Crippen LogP contribution in [-0.4, -0.2) is 9.55 Å². The molecule has 0 fully saturated rings. The van der Waals surface area contributed by atoms with Gasteiger partial charge in [0, 0.05) is 34.0 Å². The van der Waals surface area contributed by atoms with Crippen LogP contribution in [0.3, 0.4) is 0 Å². The van der Waals surface area contributed by atoms with E-state index < -0.39 is 0 Å². The van der Waals surface area contributed by atoms with Gasteiger partial charge in [-0.3, -0.25) is 0 Å². The second kappa shape index (κ2) is 6.00. The topological polar surface area (TPSA) is 17.8 Å². The standard InChI is InChI=1S/C16H11BrClFN2/c17-13-7-12(8-14(18)9-13)16-20-4-5-21(16)10-11-2-1-3-15(19)6-11/h1-9H,10H2. The Morgan fingerprint density at radius 2 is 2.05 bits per heavy atom. The van der Waals surface area contributed by atoms with Crippen LogP contribution in [0.15, 0.2) is 59.3 Å². The number of nitrogens with zero attached hydrogens (tertiary/aromatic N) is 2. The van der Waals surface area contributed by atoms with Crippen LogP contribution in [0, 0.1) is 5.82 Å². The van der Waals surface area contributed by atoms with Crippen LogP contribution < -0.4 is 0 Å². The summed E-state index contributed by atoms with van der Waals surface area (Å²) >= 11 is 9.51. The van der Waals surface area contributed by atoms with Gasteiger partial charge in [0.25, 0.3) is 0 Å². The summed E-state index contributed by atoms with van der Waals surface area (Å²) in [6.45, 7) is 0.553. The Bertz CT molecular complexity index is 765. The van der Waals surface area contributed by atoms with Gasteiger partial charge in [0.2, 0.25) is 0 Å². The van der Waals surface area contributed by atoms with Gasteiger partial charge in [-0.05, 0) is 35.9 Å². The molecule has 0 amide bonds. The third-order valence-electron chi connectivity index (χ3n) is 3.08. The zero-order valence-corrected chi connectivity index (χ0v) is 13.3. The molecule has 2 nitrogen and oxygen atoms in total. The van der Waals surface area contributed by atoms with Gasteiger partial charge in [-0.2, -0.15) is 0 Å². The molecule has 3 rings (SSSR count). The van der Waals surface area contributed by atoms with Crippen molar-refractivity contribution in [2.75, 3.05) is 0 Å². The van der Waals surface area contributed by atoms with Gasteiger partial charge < -0.3 is 4.57 Å². The van der Waals surface area contributed by atoms with Crippen LogP contribution >= 0.6 is 27.5 Å². The molecule has 3 aromatic rings. The quantitative estimate of drug-likeness (QED) is 0.627. The van der Waals surface area contributed by atoms with Crippen LogP contribution in [-0.2, 0) is 6.54 Å². The molecule has 106 valence electrons. The fourth-order valence-electron chi connectivity index (χ4n) is 2.21. The molecule has 1 heterocycles. The third-order valence-corrected chi connectivity index (χ3v) is 3.75. The van der Waals surface area contributed by atoms with E-state index in [1.807, 2.05) is 35.0 Å². The first-order chi connectivity index (χ1) is 10.1.